The minimum Gasteiger partial charge on any atom is -0.384 e. The Labute approximate surface area is 150 Å². The molecule has 26 heavy (non-hydrogen) atoms. The molecule has 3 rings (SSSR count). The molecule has 5 nitrogen and oxygen atoms in total. The molecule has 0 spiro atoms. The van der Waals surface area contributed by atoms with Crippen molar-refractivity contribution in [1.82, 2.24) is 9.97 Å². The van der Waals surface area contributed by atoms with Crippen molar-refractivity contribution < 1.29 is 13.2 Å². The molecule has 0 saturated heterocycles. The maximum absolute atomic E-state index is 13.2. The largest absolute Gasteiger partial charge is 0.421 e. The lowest BCUT2D eigenvalue weighted by Gasteiger charge is -2.15. The summed E-state index contributed by atoms with van der Waals surface area (Å²) >= 11 is 0. The number of benzene rings is 1. The highest BCUT2D eigenvalue weighted by molar-refractivity contribution is 5.65. The fraction of sp³-hybridized carbons (Fsp3) is 0.444. The highest BCUT2D eigenvalue weighted by Crippen LogP contribution is 2.34. The van der Waals surface area contributed by atoms with Gasteiger partial charge in [0.15, 0.2) is 0 Å². The normalized spacial score (nSPS) is 13.5. The predicted molar refractivity (Wildman–Crippen MR) is 96.9 cm³/mol. The van der Waals surface area contributed by atoms with E-state index in [1.165, 1.54) is 0 Å². The van der Waals surface area contributed by atoms with Crippen molar-refractivity contribution in [2.75, 3.05) is 29.0 Å². The number of halogens is 3. The number of hydrogen-bond acceptors (Lipinski definition) is 5. The zero-order valence-electron chi connectivity index (χ0n) is 14.7. The number of rotatable bonds is 6. The van der Waals surface area contributed by atoms with E-state index in [2.05, 4.69) is 25.9 Å². The quantitative estimate of drug-likeness (QED) is 0.695. The Hall–Kier alpha value is -2.51. The van der Waals surface area contributed by atoms with Crippen LogP contribution in [0.2, 0.25) is 0 Å². The minimum atomic E-state index is -4.50. The third kappa shape index (κ3) is 4.36. The van der Waals surface area contributed by atoms with Gasteiger partial charge in [0.25, 0.3) is 0 Å². The topological polar surface area (TPSA) is 61.9 Å². The van der Waals surface area contributed by atoms with Crippen molar-refractivity contribution in [2.24, 2.45) is 5.92 Å². The molecule has 1 aromatic carbocycles. The lowest BCUT2D eigenvalue weighted by atomic mass is 10.1. The summed E-state index contributed by atoms with van der Waals surface area (Å²) in [5.74, 6) is 0.325. The smallest absolute Gasteiger partial charge is 0.384 e. The zero-order valence-corrected chi connectivity index (χ0v) is 14.7. The summed E-state index contributed by atoms with van der Waals surface area (Å²) in [7, 11) is 0. The summed E-state index contributed by atoms with van der Waals surface area (Å²) < 4.78 is 39.6. The molecule has 1 aliphatic rings. The molecule has 0 unspecified atom stereocenters. The van der Waals surface area contributed by atoms with E-state index in [0.717, 1.165) is 42.5 Å². The molecule has 8 heteroatoms. The van der Waals surface area contributed by atoms with E-state index in [-0.39, 0.29) is 11.8 Å². The van der Waals surface area contributed by atoms with Crippen LogP contribution in [0.25, 0.3) is 0 Å². The van der Waals surface area contributed by atoms with Gasteiger partial charge in [0, 0.05) is 30.7 Å². The first-order valence-corrected chi connectivity index (χ1v) is 8.65. The van der Waals surface area contributed by atoms with E-state index >= 15 is 0 Å². The molecule has 0 atom stereocenters. The summed E-state index contributed by atoms with van der Waals surface area (Å²) in [5, 5.41) is 9.05. The van der Waals surface area contributed by atoms with Crippen LogP contribution in [0.3, 0.4) is 0 Å². The molecule has 1 aliphatic heterocycles. The van der Waals surface area contributed by atoms with Gasteiger partial charge in [-0.15, -0.1) is 0 Å². The number of fused-ring (bicyclic) bond motifs is 1. The molecule has 140 valence electrons. The van der Waals surface area contributed by atoms with Crippen molar-refractivity contribution in [3.8, 4) is 0 Å². The van der Waals surface area contributed by atoms with E-state index in [4.69, 9.17) is 0 Å². The fourth-order valence-electron chi connectivity index (χ4n) is 2.78. The first-order valence-electron chi connectivity index (χ1n) is 8.65. The second-order valence-corrected chi connectivity index (χ2v) is 6.74. The summed E-state index contributed by atoms with van der Waals surface area (Å²) in [6.45, 7) is 5.34. The first kappa shape index (κ1) is 18.3. The van der Waals surface area contributed by atoms with Crippen LogP contribution in [0.4, 0.5) is 36.3 Å². The van der Waals surface area contributed by atoms with Gasteiger partial charge in [0.05, 0.1) is 0 Å². The molecular formula is C18H22F3N5. The molecule has 0 radical (unpaired) electrons. The second kappa shape index (κ2) is 7.39. The van der Waals surface area contributed by atoms with E-state index in [1.807, 2.05) is 32.0 Å². The maximum atomic E-state index is 13.2. The summed E-state index contributed by atoms with van der Waals surface area (Å²) in [5.41, 5.74) is 2.14. The van der Waals surface area contributed by atoms with Crippen LogP contribution >= 0.6 is 0 Å². The van der Waals surface area contributed by atoms with E-state index < -0.39 is 11.7 Å². The summed E-state index contributed by atoms with van der Waals surface area (Å²) in [6, 6.07) is 5.75. The third-order valence-corrected chi connectivity index (χ3v) is 4.18. The number of hydrogen-bond donors (Lipinski definition) is 3. The predicted octanol–water partition coefficient (Wildman–Crippen LogP) is 4.67. The average molecular weight is 365 g/mol. The lowest BCUT2D eigenvalue weighted by molar-refractivity contribution is -0.137. The molecule has 1 aromatic heterocycles. The third-order valence-electron chi connectivity index (χ3n) is 4.18. The zero-order chi connectivity index (χ0) is 18.7. The van der Waals surface area contributed by atoms with Crippen molar-refractivity contribution in [3.05, 3.63) is 35.5 Å². The highest BCUT2D eigenvalue weighted by atomic mass is 19.4. The van der Waals surface area contributed by atoms with Crippen molar-refractivity contribution in [3.63, 3.8) is 0 Å². The Morgan fingerprint density at radius 2 is 2.08 bits per heavy atom. The number of nitrogens with one attached hydrogen (secondary N) is 3. The number of aromatic nitrogens is 2. The van der Waals surface area contributed by atoms with Crippen molar-refractivity contribution >= 4 is 23.1 Å². The minimum absolute atomic E-state index is 0.135. The van der Waals surface area contributed by atoms with Crippen molar-refractivity contribution in [2.45, 2.75) is 32.9 Å². The van der Waals surface area contributed by atoms with Crippen LogP contribution in [0, 0.1) is 5.92 Å². The van der Waals surface area contributed by atoms with Gasteiger partial charge in [-0.1, -0.05) is 13.8 Å². The van der Waals surface area contributed by atoms with Gasteiger partial charge in [-0.05, 0) is 42.5 Å². The molecule has 0 aliphatic carbocycles. The monoisotopic (exact) mass is 365 g/mol. The lowest BCUT2D eigenvalue weighted by Crippen LogP contribution is -2.15. The Morgan fingerprint density at radius 3 is 2.81 bits per heavy atom. The summed E-state index contributed by atoms with van der Waals surface area (Å²) in [6.07, 6.45) is -2.01. The van der Waals surface area contributed by atoms with Crippen LogP contribution in [0.1, 0.15) is 31.4 Å². The molecule has 0 amide bonds. The van der Waals surface area contributed by atoms with Gasteiger partial charge in [-0.25, -0.2) is 4.98 Å². The molecule has 3 N–H and O–H groups in total. The Balaban J connectivity index is 1.81. The number of alkyl halides is 3. The Bertz CT molecular complexity index is 774. The average Bonchev–Trinajstić information content (AvgIpc) is 3.01. The standard InChI is InChI=1S/C18H22F3N5/c1-11(2)5-7-23-16-14(18(19,20)21)10-24-17(26-16)25-13-3-4-15-12(9-13)6-8-22-15/h3-4,9-11,22H,5-8H2,1-2H3,(H2,23,24,25,26). The van der Waals surface area contributed by atoms with Crippen molar-refractivity contribution in [1.29, 1.82) is 0 Å². The first-order chi connectivity index (χ1) is 12.3. The van der Waals surface area contributed by atoms with Gasteiger partial charge in [0.2, 0.25) is 5.95 Å². The maximum Gasteiger partial charge on any atom is 0.421 e. The number of anilines is 4. The Kier molecular flexibility index (Phi) is 5.20. The van der Waals surface area contributed by atoms with E-state index in [9.17, 15) is 13.2 Å². The highest BCUT2D eigenvalue weighted by Gasteiger charge is 2.35. The molecule has 0 bridgehead atoms. The van der Waals surface area contributed by atoms with Gasteiger partial charge >= 0.3 is 6.18 Å². The van der Waals surface area contributed by atoms with E-state index in [0.29, 0.717) is 12.5 Å². The van der Waals surface area contributed by atoms with Gasteiger partial charge in [0.1, 0.15) is 11.4 Å². The van der Waals surface area contributed by atoms with E-state index in [1.54, 1.807) is 0 Å². The van der Waals surface area contributed by atoms with Crippen LogP contribution < -0.4 is 16.0 Å². The van der Waals surface area contributed by atoms with Crippen LogP contribution in [0.15, 0.2) is 24.4 Å². The van der Waals surface area contributed by atoms with Crippen LogP contribution in [-0.4, -0.2) is 23.1 Å². The van der Waals surface area contributed by atoms with Crippen LogP contribution in [-0.2, 0) is 12.6 Å². The molecule has 0 fully saturated rings. The van der Waals surface area contributed by atoms with Gasteiger partial charge in [-0.2, -0.15) is 18.2 Å². The van der Waals surface area contributed by atoms with Gasteiger partial charge in [-0.3, -0.25) is 0 Å². The Morgan fingerprint density at radius 1 is 1.27 bits per heavy atom. The molecule has 2 heterocycles. The summed E-state index contributed by atoms with van der Waals surface area (Å²) in [4.78, 5) is 7.90. The fourth-order valence-corrected chi connectivity index (χ4v) is 2.78. The molecule has 2 aromatic rings. The second-order valence-electron chi connectivity index (χ2n) is 6.74. The van der Waals surface area contributed by atoms with Gasteiger partial charge < -0.3 is 16.0 Å². The SMILES string of the molecule is CC(C)CCNc1nc(Nc2ccc3c(c2)CCN3)ncc1C(F)(F)F. The number of nitrogens with zero attached hydrogens (tertiary/aromatic N) is 2. The molecular weight excluding hydrogens is 343 g/mol. The molecule has 0 saturated carbocycles. The van der Waals surface area contributed by atoms with Crippen LogP contribution in [0.5, 0.6) is 0 Å².